The van der Waals surface area contributed by atoms with Crippen molar-refractivity contribution in [3.8, 4) is 11.5 Å². The van der Waals surface area contributed by atoms with E-state index in [1.807, 2.05) is 0 Å². The van der Waals surface area contributed by atoms with Gasteiger partial charge in [0.1, 0.15) is 11.5 Å². The van der Waals surface area contributed by atoms with E-state index in [1.54, 1.807) is 0 Å². The van der Waals surface area contributed by atoms with Gasteiger partial charge in [0.05, 0.1) is 13.2 Å². The lowest BCUT2D eigenvalue weighted by Crippen LogP contribution is -2.14. The molecular formula is C26H46O2. The molecule has 0 aliphatic carbocycles. The monoisotopic (exact) mass is 390 g/mol. The zero-order chi connectivity index (χ0) is 20.8. The van der Waals surface area contributed by atoms with Crippen LogP contribution in [-0.2, 0) is 12.8 Å². The third kappa shape index (κ3) is 8.45. The Labute approximate surface area is 175 Å². The van der Waals surface area contributed by atoms with Crippen LogP contribution in [0.1, 0.15) is 104 Å². The Bertz CT molecular complexity index is 476. The van der Waals surface area contributed by atoms with E-state index in [-0.39, 0.29) is 0 Å². The van der Waals surface area contributed by atoms with E-state index < -0.39 is 0 Å². The van der Waals surface area contributed by atoms with Crippen molar-refractivity contribution in [2.24, 2.45) is 11.8 Å². The van der Waals surface area contributed by atoms with Crippen LogP contribution >= 0.6 is 0 Å². The molecule has 0 fully saturated rings. The summed E-state index contributed by atoms with van der Waals surface area (Å²) in [5.41, 5.74) is 2.55. The van der Waals surface area contributed by atoms with Crippen molar-refractivity contribution in [3.05, 3.63) is 23.3 Å². The van der Waals surface area contributed by atoms with Crippen LogP contribution in [0.3, 0.4) is 0 Å². The summed E-state index contributed by atoms with van der Waals surface area (Å²) in [6.07, 6.45) is 12.0. The lowest BCUT2D eigenvalue weighted by atomic mass is 10.00. The van der Waals surface area contributed by atoms with E-state index in [0.29, 0.717) is 11.8 Å². The van der Waals surface area contributed by atoms with Gasteiger partial charge in [0.15, 0.2) is 0 Å². The Morgan fingerprint density at radius 3 is 1.32 bits per heavy atom. The molecule has 0 aliphatic heterocycles. The average Bonchev–Trinajstić information content (AvgIpc) is 2.73. The van der Waals surface area contributed by atoms with Crippen molar-refractivity contribution in [3.63, 3.8) is 0 Å². The number of ether oxygens (including phenoxy) is 2. The smallest absolute Gasteiger partial charge is 0.123 e. The molecule has 0 heterocycles. The van der Waals surface area contributed by atoms with Gasteiger partial charge in [-0.2, -0.15) is 0 Å². The maximum atomic E-state index is 6.32. The van der Waals surface area contributed by atoms with Gasteiger partial charge in [-0.1, -0.05) is 80.1 Å². The Kier molecular flexibility index (Phi) is 13.1. The predicted octanol–water partition coefficient (Wildman–Crippen LogP) is 8.00. The SMILES string of the molecule is CCCCC(CC)COc1cc(CC)c(OCC(CC)CCCC)cc1CC. The zero-order valence-corrected chi connectivity index (χ0v) is 19.6. The molecule has 0 saturated heterocycles. The van der Waals surface area contributed by atoms with E-state index in [1.165, 1.54) is 62.5 Å². The first-order valence-corrected chi connectivity index (χ1v) is 12.0. The second kappa shape index (κ2) is 14.8. The van der Waals surface area contributed by atoms with Crippen molar-refractivity contribution in [1.29, 1.82) is 0 Å². The van der Waals surface area contributed by atoms with Crippen LogP contribution in [0.2, 0.25) is 0 Å². The molecule has 0 amide bonds. The van der Waals surface area contributed by atoms with Gasteiger partial charge in [-0.15, -0.1) is 0 Å². The largest absolute Gasteiger partial charge is 0.493 e. The highest BCUT2D eigenvalue weighted by molar-refractivity contribution is 5.46. The molecule has 0 radical (unpaired) electrons. The summed E-state index contributed by atoms with van der Waals surface area (Å²) in [5.74, 6) is 3.46. The van der Waals surface area contributed by atoms with Crippen LogP contribution in [0.25, 0.3) is 0 Å². The minimum Gasteiger partial charge on any atom is -0.493 e. The van der Waals surface area contributed by atoms with Gasteiger partial charge in [0, 0.05) is 0 Å². The molecule has 2 nitrogen and oxygen atoms in total. The lowest BCUT2D eigenvalue weighted by molar-refractivity contribution is 0.225. The van der Waals surface area contributed by atoms with E-state index in [4.69, 9.17) is 9.47 Å². The molecule has 28 heavy (non-hydrogen) atoms. The molecule has 0 bridgehead atoms. The second-order valence-electron chi connectivity index (χ2n) is 8.23. The fraction of sp³-hybridized carbons (Fsp3) is 0.769. The maximum Gasteiger partial charge on any atom is 0.123 e. The van der Waals surface area contributed by atoms with E-state index in [2.05, 4.69) is 53.7 Å². The van der Waals surface area contributed by atoms with Gasteiger partial charge in [-0.3, -0.25) is 0 Å². The highest BCUT2D eigenvalue weighted by Gasteiger charge is 2.14. The van der Waals surface area contributed by atoms with Gasteiger partial charge < -0.3 is 9.47 Å². The van der Waals surface area contributed by atoms with Gasteiger partial charge >= 0.3 is 0 Å². The molecule has 0 saturated carbocycles. The predicted molar refractivity (Wildman–Crippen MR) is 123 cm³/mol. The van der Waals surface area contributed by atoms with Crippen LogP contribution < -0.4 is 9.47 Å². The normalized spacial score (nSPS) is 13.4. The third-order valence-electron chi connectivity index (χ3n) is 6.04. The second-order valence-corrected chi connectivity index (χ2v) is 8.23. The molecule has 1 rings (SSSR count). The summed E-state index contributed by atoms with van der Waals surface area (Å²) >= 11 is 0. The van der Waals surface area contributed by atoms with Crippen molar-refractivity contribution < 1.29 is 9.47 Å². The van der Waals surface area contributed by atoms with Crippen LogP contribution in [0, 0.1) is 11.8 Å². The fourth-order valence-corrected chi connectivity index (χ4v) is 3.68. The molecule has 0 aromatic heterocycles. The quantitative estimate of drug-likeness (QED) is 0.284. The first kappa shape index (κ1) is 24.9. The number of hydrogen-bond acceptors (Lipinski definition) is 2. The Morgan fingerprint density at radius 2 is 1.04 bits per heavy atom. The van der Waals surface area contributed by atoms with E-state index >= 15 is 0 Å². The van der Waals surface area contributed by atoms with Gasteiger partial charge in [0.2, 0.25) is 0 Å². The minimum absolute atomic E-state index is 0.662. The molecule has 0 N–H and O–H groups in total. The first-order valence-electron chi connectivity index (χ1n) is 12.0. The van der Waals surface area contributed by atoms with Crippen molar-refractivity contribution >= 4 is 0 Å². The molecule has 162 valence electrons. The number of hydrogen-bond donors (Lipinski definition) is 0. The van der Waals surface area contributed by atoms with Crippen LogP contribution in [0.15, 0.2) is 12.1 Å². The first-order chi connectivity index (χ1) is 13.6. The van der Waals surface area contributed by atoms with Gasteiger partial charge in [-0.05, 0) is 60.8 Å². The Balaban J connectivity index is 2.83. The molecule has 2 unspecified atom stereocenters. The van der Waals surface area contributed by atoms with E-state index in [0.717, 1.165) is 37.6 Å². The van der Waals surface area contributed by atoms with Crippen molar-refractivity contribution in [1.82, 2.24) is 0 Å². The summed E-state index contributed by atoms with van der Waals surface area (Å²) in [7, 11) is 0. The summed E-state index contributed by atoms with van der Waals surface area (Å²) < 4.78 is 12.6. The van der Waals surface area contributed by atoms with Crippen molar-refractivity contribution in [2.75, 3.05) is 13.2 Å². The summed E-state index contributed by atoms with van der Waals surface area (Å²) in [5, 5.41) is 0. The van der Waals surface area contributed by atoms with Crippen LogP contribution in [-0.4, -0.2) is 13.2 Å². The molecule has 1 aromatic rings. The Hall–Kier alpha value is -1.18. The van der Waals surface area contributed by atoms with Gasteiger partial charge in [-0.25, -0.2) is 0 Å². The van der Waals surface area contributed by atoms with Crippen LogP contribution in [0.4, 0.5) is 0 Å². The molecule has 0 spiro atoms. The van der Waals surface area contributed by atoms with Crippen molar-refractivity contribution in [2.45, 2.75) is 106 Å². The number of aryl methyl sites for hydroxylation is 2. The topological polar surface area (TPSA) is 18.5 Å². The van der Waals surface area contributed by atoms with E-state index in [9.17, 15) is 0 Å². The number of benzene rings is 1. The highest BCUT2D eigenvalue weighted by atomic mass is 16.5. The van der Waals surface area contributed by atoms with Gasteiger partial charge in [0.25, 0.3) is 0 Å². The standard InChI is InChI=1S/C26H46O2/c1-7-13-15-21(9-3)19-27-25-17-24(12-6)26(18-23(25)11-5)28-20-22(10-4)16-14-8-2/h17-18,21-22H,7-16,19-20H2,1-6H3. The molecule has 0 aliphatic rings. The summed E-state index contributed by atoms with van der Waals surface area (Å²) in [4.78, 5) is 0. The number of unbranched alkanes of at least 4 members (excludes halogenated alkanes) is 2. The molecule has 2 heteroatoms. The molecule has 1 aromatic carbocycles. The maximum absolute atomic E-state index is 6.32. The zero-order valence-electron chi connectivity index (χ0n) is 19.6. The summed E-state index contributed by atoms with van der Waals surface area (Å²) in [6.45, 7) is 15.2. The van der Waals surface area contributed by atoms with Crippen LogP contribution in [0.5, 0.6) is 11.5 Å². The summed E-state index contributed by atoms with van der Waals surface area (Å²) in [6, 6.07) is 4.49. The third-order valence-corrected chi connectivity index (χ3v) is 6.04. The average molecular weight is 391 g/mol. The Morgan fingerprint density at radius 1 is 0.643 bits per heavy atom. The fourth-order valence-electron chi connectivity index (χ4n) is 3.68. The number of rotatable bonds is 16. The lowest BCUT2D eigenvalue weighted by Gasteiger charge is -2.21. The highest BCUT2D eigenvalue weighted by Crippen LogP contribution is 2.31. The minimum atomic E-state index is 0.662. The molecule has 2 atom stereocenters. The molecular weight excluding hydrogens is 344 g/mol.